The van der Waals surface area contributed by atoms with E-state index in [1.807, 2.05) is 18.2 Å². The van der Waals surface area contributed by atoms with Gasteiger partial charge >= 0.3 is 0 Å². The van der Waals surface area contributed by atoms with E-state index in [-0.39, 0.29) is 5.41 Å². The summed E-state index contributed by atoms with van der Waals surface area (Å²) in [4.78, 5) is 4.86. The Bertz CT molecular complexity index is 696. The number of nitrogen functional groups attached to an aromatic ring is 1. The molecule has 0 aliphatic heterocycles. The van der Waals surface area contributed by atoms with Crippen molar-refractivity contribution in [3.63, 3.8) is 0 Å². The number of hydrogen-bond acceptors (Lipinski definition) is 2. The smallest absolute Gasteiger partial charge is 0.132 e. The third-order valence-electron chi connectivity index (χ3n) is 3.72. The summed E-state index contributed by atoms with van der Waals surface area (Å²) in [5, 5.41) is 0.690. The summed E-state index contributed by atoms with van der Waals surface area (Å²) in [5.41, 5.74) is 8.23. The molecule has 0 atom stereocenters. The monoisotopic (exact) mass is 367 g/mol. The summed E-state index contributed by atoms with van der Waals surface area (Å²) in [6, 6.07) is 6.32. The topological polar surface area (TPSA) is 43.8 Å². The van der Waals surface area contributed by atoms with Gasteiger partial charge in [0.1, 0.15) is 17.3 Å². The molecule has 112 valence electrons. The van der Waals surface area contributed by atoms with Crippen molar-refractivity contribution in [1.29, 1.82) is 0 Å². The van der Waals surface area contributed by atoms with Gasteiger partial charge in [-0.1, -0.05) is 38.4 Å². The minimum Gasteiger partial charge on any atom is -0.383 e. The van der Waals surface area contributed by atoms with Crippen molar-refractivity contribution >= 4 is 33.3 Å². The lowest BCUT2D eigenvalue weighted by atomic mass is 9.95. The first kappa shape index (κ1) is 14.9. The van der Waals surface area contributed by atoms with Crippen molar-refractivity contribution in [2.75, 3.05) is 5.73 Å². The summed E-state index contributed by atoms with van der Waals surface area (Å²) in [7, 11) is 0. The van der Waals surface area contributed by atoms with E-state index in [1.54, 1.807) is 0 Å². The van der Waals surface area contributed by atoms with Crippen LogP contribution < -0.4 is 5.73 Å². The number of anilines is 1. The third-order valence-corrected chi connectivity index (χ3v) is 4.94. The number of rotatable bonds is 2. The fourth-order valence-electron chi connectivity index (χ4n) is 2.53. The highest BCUT2D eigenvalue weighted by molar-refractivity contribution is 9.10. The molecule has 0 radical (unpaired) electrons. The zero-order valence-corrected chi connectivity index (χ0v) is 14.8. The van der Waals surface area contributed by atoms with Crippen molar-refractivity contribution in [1.82, 2.24) is 9.55 Å². The van der Waals surface area contributed by atoms with Gasteiger partial charge in [0.15, 0.2) is 0 Å². The van der Waals surface area contributed by atoms with Crippen LogP contribution in [0.2, 0.25) is 5.02 Å². The van der Waals surface area contributed by atoms with Crippen molar-refractivity contribution in [2.24, 2.45) is 0 Å². The summed E-state index contributed by atoms with van der Waals surface area (Å²) < 4.78 is 3.08. The van der Waals surface area contributed by atoms with Crippen LogP contribution in [0, 0.1) is 0 Å². The van der Waals surface area contributed by atoms with Gasteiger partial charge in [0, 0.05) is 21.5 Å². The zero-order valence-electron chi connectivity index (χ0n) is 12.5. The molecule has 1 aliphatic carbocycles. The molecule has 3 rings (SSSR count). The lowest BCUT2D eigenvalue weighted by Crippen LogP contribution is -2.19. The number of halogens is 2. The van der Waals surface area contributed by atoms with Crippen molar-refractivity contribution in [2.45, 2.75) is 45.1 Å². The van der Waals surface area contributed by atoms with Crippen LogP contribution in [-0.2, 0) is 5.41 Å². The lowest BCUT2D eigenvalue weighted by molar-refractivity contribution is 0.504. The van der Waals surface area contributed by atoms with Gasteiger partial charge in [0.25, 0.3) is 0 Å². The quantitative estimate of drug-likeness (QED) is 0.793. The van der Waals surface area contributed by atoms with E-state index in [9.17, 15) is 0 Å². The standard InChI is InChI=1S/C16H19BrClN3/c1-16(2,3)15-20-13(14(19)21(15)10-5-6-10)9-4-7-12(18)11(17)8-9/h4,7-8,10H,5-6,19H2,1-3H3. The maximum Gasteiger partial charge on any atom is 0.132 e. The third kappa shape index (κ3) is 2.71. The average Bonchev–Trinajstić information content (AvgIpc) is 3.15. The fraction of sp³-hybridized carbons (Fsp3) is 0.438. The van der Waals surface area contributed by atoms with E-state index in [2.05, 4.69) is 41.3 Å². The Hall–Kier alpha value is -1.00. The van der Waals surface area contributed by atoms with E-state index >= 15 is 0 Å². The molecule has 0 spiro atoms. The largest absolute Gasteiger partial charge is 0.383 e. The normalized spacial score (nSPS) is 15.5. The van der Waals surface area contributed by atoms with Gasteiger partial charge in [-0.3, -0.25) is 0 Å². The lowest BCUT2D eigenvalue weighted by Gasteiger charge is -2.20. The van der Waals surface area contributed by atoms with Crippen molar-refractivity contribution < 1.29 is 0 Å². The molecule has 0 amide bonds. The highest BCUT2D eigenvalue weighted by Crippen LogP contribution is 2.43. The second-order valence-electron chi connectivity index (χ2n) is 6.65. The van der Waals surface area contributed by atoms with Gasteiger partial charge in [-0.15, -0.1) is 0 Å². The Morgan fingerprint density at radius 3 is 2.52 bits per heavy atom. The number of nitrogens with zero attached hydrogens (tertiary/aromatic N) is 2. The molecule has 5 heteroatoms. The first-order chi connectivity index (χ1) is 9.79. The molecule has 1 aromatic heterocycles. The molecule has 1 saturated carbocycles. The molecule has 1 heterocycles. The molecule has 0 bridgehead atoms. The molecule has 0 unspecified atom stereocenters. The maximum absolute atomic E-state index is 6.41. The second-order valence-corrected chi connectivity index (χ2v) is 7.91. The van der Waals surface area contributed by atoms with Crippen LogP contribution in [0.15, 0.2) is 22.7 Å². The molecular weight excluding hydrogens is 350 g/mol. The van der Waals surface area contributed by atoms with E-state index in [0.717, 1.165) is 27.4 Å². The van der Waals surface area contributed by atoms with Crippen LogP contribution in [0.25, 0.3) is 11.3 Å². The Kier molecular flexibility index (Phi) is 3.57. The molecule has 2 N–H and O–H groups in total. The van der Waals surface area contributed by atoms with Gasteiger partial charge in [0.2, 0.25) is 0 Å². The van der Waals surface area contributed by atoms with E-state index in [1.165, 1.54) is 12.8 Å². The van der Waals surface area contributed by atoms with Gasteiger partial charge in [0.05, 0.1) is 5.02 Å². The molecule has 0 saturated heterocycles. The average molecular weight is 369 g/mol. The molecule has 2 aromatic rings. The van der Waals surface area contributed by atoms with Crippen LogP contribution in [0.1, 0.15) is 45.5 Å². The summed E-state index contributed by atoms with van der Waals surface area (Å²) in [6.45, 7) is 6.53. The molecule has 1 fully saturated rings. The van der Waals surface area contributed by atoms with Crippen molar-refractivity contribution in [3.8, 4) is 11.3 Å². The van der Waals surface area contributed by atoms with Crippen LogP contribution in [0.3, 0.4) is 0 Å². The molecule has 1 aromatic carbocycles. The second kappa shape index (κ2) is 5.03. The molecule has 21 heavy (non-hydrogen) atoms. The van der Waals surface area contributed by atoms with Gasteiger partial charge in [-0.2, -0.15) is 0 Å². The van der Waals surface area contributed by atoms with E-state index in [0.29, 0.717) is 11.1 Å². The van der Waals surface area contributed by atoms with Gasteiger partial charge in [-0.05, 0) is 40.9 Å². The van der Waals surface area contributed by atoms with Crippen LogP contribution in [0.4, 0.5) is 5.82 Å². The number of hydrogen-bond donors (Lipinski definition) is 1. The number of benzene rings is 1. The number of imidazole rings is 1. The minimum absolute atomic E-state index is 0.0291. The summed E-state index contributed by atoms with van der Waals surface area (Å²) >= 11 is 9.54. The Labute approximate surface area is 138 Å². The predicted molar refractivity (Wildman–Crippen MR) is 91.8 cm³/mol. The Balaban J connectivity index is 2.17. The molecule has 1 aliphatic rings. The maximum atomic E-state index is 6.41. The predicted octanol–water partition coefficient (Wildman–Crippen LogP) is 5.18. The first-order valence-electron chi connectivity index (χ1n) is 7.12. The molecular formula is C16H19BrClN3. The SMILES string of the molecule is CC(C)(C)c1nc(-c2ccc(Cl)c(Br)c2)c(N)n1C1CC1. The van der Waals surface area contributed by atoms with Crippen LogP contribution in [0.5, 0.6) is 0 Å². The number of aromatic nitrogens is 2. The van der Waals surface area contributed by atoms with Crippen molar-refractivity contribution in [3.05, 3.63) is 33.5 Å². The highest BCUT2D eigenvalue weighted by atomic mass is 79.9. The van der Waals surface area contributed by atoms with Gasteiger partial charge in [-0.25, -0.2) is 4.98 Å². The minimum atomic E-state index is -0.0291. The fourth-order valence-corrected chi connectivity index (χ4v) is 3.03. The highest BCUT2D eigenvalue weighted by Gasteiger charge is 2.34. The summed E-state index contributed by atoms with van der Waals surface area (Å²) in [6.07, 6.45) is 2.38. The van der Waals surface area contributed by atoms with E-state index < -0.39 is 0 Å². The van der Waals surface area contributed by atoms with Crippen LogP contribution >= 0.6 is 27.5 Å². The van der Waals surface area contributed by atoms with Gasteiger partial charge < -0.3 is 10.3 Å². The number of nitrogens with two attached hydrogens (primary N) is 1. The Morgan fingerprint density at radius 2 is 2.00 bits per heavy atom. The Morgan fingerprint density at radius 1 is 1.33 bits per heavy atom. The van der Waals surface area contributed by atoms with E-state index in [4.69, 9.17) is 22.3 Å². The first-order valence-corrected chi connectivity index (χ1v) is 8.29. The summed E-state index contributed by atoms with van der Waals surface area (Å²) in [5.74, 6) is 1.82. The van der Waals surface area contributed by atoms with Crippen LogP contribution in [-0.4, -0.2) is 9.55 Å². The zero-order chi connectivity index (χ0) is 15.4. The molecule has 3 nitrogen and oxygen atoms in total.